The molecule has 0 amide bonds. The summed E-state index contributed by atoms with van der Waals surface area (Å²) in [4.78, 5) is 26.2. The number of allylic oxidation sites excluding steroid dienone is 2. The minimum Gasteiger partial charge on any atom is -0.490 e. The first-order valence-electron chi connectivity index (χ1n) is 7.89. The number of hydrogen-bond acceptors (Lipinski definition) is 6. The Balaban J connectivity index is 2.11. The number of rotatable bonds is 3. The lowest BCUT2D eigenvalue weighted by atomic mass is 10.1. The van der Waals surface area contributed by atoms with E-state index in [0.717, 1.165) is 23.4 Å². The van der Waals surface area contributed by atoms with Gasteiger partial charge >= 0.3 is 11.9 Å². The van der Waals surface area contributed by atoms with Crippen LogP contribution in [0.3, 0.4) is 0 Å². The van der Waals surface area contributed by atoms with Crippen molar-refractivity contribution < 1.29 is 23.8 Å². The predicted molar refractivity (Wildman–Crippen MR) is 92.1 cm³/mol. The van der Waals surface area contributed by atoms with E-state index >= 15 is 0 Å². The lowest BCUT2D eigenvalue weighted by molar-refractivity contribution is -0.139. The summed E-state index contributed by atoms with van der Waals surface area (Å²) in [5.74, 6) is -0.393. The second-order valence-electron chi connectivity index (χ2n) is 5.74. The molecule has 25 heavy (non-hydrogen) atoms. The third-order valence-corrected chi connectivity index (χ3v) is 4.05. The van der Waals surface area contributed by atoms with Crippen molar-refractivity contribution in [1.29, 1.82) is 0 Å². The molecule has 0 aromatic heterocycles. The molecular formula is C19H19NO5. The molecule has 0 saturated heterocycles. The van der Waals surface area contributed by atoms with E-state index in [1.54, 1.807) is 23.3 Å². The van der Waals surface area contributed by atoms with Gasteiger partial charge in [0.05, 0.1) is 19.8 Å². The molecule has 130 valence electrons. The van der Waals surface area contributed by atoms with Gasteiger partial charge in [-0.05, 0) is 42.8 Å². The molecule has 1 aromatic rings. The molecule has 6 nitrogen and oxygen atoms in total. The van der Waals surface area contributed by atoms with Crippen LogP contribution in [0.1, 0.15) is 12.5 Å². The van der Waals surface area contributed by atoms with Crippen molar-refractivity contribution in [3.63, 3.8) is 0 Å². The van der Waals surface area contributed by atoms with Crippen LogP contribution in [0.4, 0.5) is 5.69 Å². The molecule has 3 rings (SSSR count). The zero-order chi connectivity index (χ0) is 18.0. The van der Waals surface area contributed by atoms with Gasteiger partial charge < -0.3 is 19.1 Å². The summed E-state index contributed by atoms with van der Waals surface area (Å²) >= 11 is 0. The number of benzene rings is 1. The van der Waals surface area contributed by atoms with Crippen LogP contribution < -0.4 is 9.64 Å². The number of anilines is 1. The molecule has 0 fully saturated rings. The van der Waals surface area contributed by atoms with Crippen molar-refractivity contribution in [3.05, 3.63) is 59.5 Å². The van der Waals surface area contributed by atoms with Crippen molar-refractivity contribution >= 4 is 17.6 Å². The number of carbonyl (C=O) groups is 2. The van der Waals surface area contributed by atoms with Crippen LogP contribution in [0, 0.1) is 0 Å². The standard InChI is InChI=1S/C19H19NO5/c1-12-10-13-11-14(7-8-16(13)25-12)20-9-5-4-6-15(18(21)23-2)17(20)19(22)24-3/h4-9,11-12H,10H2,1-3H3. The molecule has 1 atom stereocenters. The molecule has 1 aromatic carbocycles. The second-order valence-corrected chi connectivity index (χ2v) is 5.74. The van der Waals surface area contributed by atoms with Crippen molar-refractivity contribution in [2.75, 3.05) is 19.1 Å². The van der Waals surface area contributed by atoms with Crippen LogP contribution >= 0.6 is 0 Å². The fraction of sp³-hybridized carbons (Fsp3) is 0.263. The smallest absolute Gasteiger partial charge is 0.355 e. The SMILES string of the molecule is COC(=O)C1=C(C(=O)OC)N(c2ccc3c(c2)CC(C)O3)C=CC=C1. The van der Waals surface area contributed by atoms with Gasteiger partial charge in [-0.15, -0.1) is 0 Å². The Morgan fingerprint density at radius 3 is 2.64 bits per heavy atom. The van der Waals surface area contributed by atoms with Crippen molar-refractivity contribution in [2.45, 2.75) is 19.4 Å². The lowest BCUT2D eigenvalue weighted by Crippen LogP contribution is -2.27. The molecule has 0 N–H and O–H groups in total. The van der Waals surface area contributed by atoms with Gasteiger partial charge in [-0.2, -0.15) is 0 Å². The minimum atomic E-state index is -0.623. The summed E-state index contributed by atoms with van der Waals surface area (Å²) in [6, 6.07) is 5.66. The summed E-state index contributed by atoms with van der Waals surface area (Å²) in [6.07, 6.45) is 7.57. The number of esters is 2. The third-order valence-electron chi connectivity index (χ3n) is 4.05. The fourth-order valence-electron chi connectivity index (χ4n) is 2.92. The largest absolute Gasteiger partial charge is 0.490 e. The van der Waals surface area contributed by atoms with Crippen molar-refractivity contribution in [2.24, 2.45) is 0 Å². The van der Waals surface area contributed by atoms with Crippen LogP contribution in [-0.4, -0.2) is 32.3 Å². The third kappa shape index (κ3) is 3.15. The number of ether oxygens (including phenoxy) is 3. The van der Waals surface area contributed by atoms with Gasteiger partial charge in [0.2, 0.25) is 0 Å². The zero-order valence-electron chi connectivity index (χ0n) is 14.3. The van der Waals surface area contributed by atoms with E-state index in [0.29, 0.717) is 0 Å². The van der Waals surface area contributed by atoms with E-state index in [1.807, 2.05) is 25.1 Å². The summed E-state index contributed by atoms with van der Waals surface area (Å²) < 4.78 is 15.4. The van der Waals surface area contributed by atoms with E-state index in [9.17, 15) is 9.59 Å². The van der Waals surface area contributed by atoms with Crippen molar-refractivity contribution in [1.82, 2.24) is 0 Å². The van der Waals surface area contributed by atoms with Gasteiger partial charge in [0.15, 0.2) is 0 Å². The minimum absolute atomic E-state index is 0.103. The van der Waals surface area contributed by atoms with Crippen LogP contribution in [0.15, 0.2) is 53.9 Å². The summed E-state index contributed by atoms with van der Waals surface area (Å²) in [6.45, 7) is 2.00. The lowest BCUT2D eigenvalue weighted by Gasteiger charge is -2.23. The highest BCUT2D eigenvalue weighted by Gasteiger charge is 2.28. The molecule has 1 unspecified atom stereocenters. The molecule has 0 radical (unpaired) electrons. The Labute approximate surface area is 146 Å². The van der Waals surface area contributed by atoms with E-state index in [4.69, 9.17) is 14.2 Å². The highest BCUT2D eigenvalue weighted by atomic mass is 16.5. The van der Waals surface area contributed by atoms with E-state index in [-0.39, 0.29) is 17.4 Å². The van der Waals surface area contributed by atoms with Gasteiger partial charge in [-0.25, -0.2) is 9.59 Å². The fourth-order valence-corrected chi connectivity index (χ4v) is 2.92. The molecule has 0 aliphatic carbocycles. The summed E-state index contributed by atoms with van der Waals surface area (Å²) in [5.41, 5.74) is 2.02. The van der Waals surface area contributed by atoms with Gasteiger partial charge in [-0.1, -0.05) is 6.08 Å². The summed E-state index contributed by atoms with van der Waals surface area (Å²) in [7, 11) is 2.55. The molecular weight excluding hydrogens is 322 g/mol. The average Bonchev–Trinajstić information content (AvgIpc) is 2.85. The number of hydrogen-bond donors (Lipinski definition) is 0. The van der Waals surface area contributed by atoms with Gasteiger partial charge in [0.1, 0.15) is 17.6 Å². The second kappa shape index (κ2) is 6.84. The van der Waals surface area contributed by atoms with Crippen LogP contribution in [0.2, 0.25) is 0 Å². The van der Waals surface area contributed by atoms with E-state index < -0.39 is 11.9 Å². The van der Waals surface area contributed by atoms with Gasteiger partial charge in [-0.3, -0.25) is 0 Å². The Morgan fingerprint density at radius 2 is 1.92 bits per heavy atom. The van der Waals surface area contributed by atoms with Crippen LogP contribution in [0.25, 0.3) is 0 Å². The maximum Gasteiger partial charge on any atom is 0.355 e. The number of carbonyl (C=O) groups excluding carboxylic acids is 2. The van der Waals surface area contributed by atoms with E-state index in [1.165, 1.54) is 20.3 Å². The molecule has 0 bridgehead atoms. The molecule has 2 heterocycles. The molecule has 0 saturated carbocycles. The molecule has 6 heteroatoms. The highest BCUT2D eigenvalue weighted by Crippen LogP contribution is 2.34. The maximum absolute atomic E-state index is 12.4. The topological polar surface area (TPSA) is 65.1 Å². The normalized spacial score (nSPS) is 18.5. The first-order chi connectivity index (χ1) is 12.0. The first-order valence-corrected chi connectivity index (χ1v) is 7.89. The molecule has 2 aliphatic heterocycles. The quantitative estimate of drug-likeness (QED) is 0.787. The Hall–Kier alpha value is -3.02. The monoisotopic (exact) mass is 341 g/mol. The maximum atomic E-state index is 12.4. The van der Waals surface area contributed by atoms with Gasteiger partial charge in [0.25, 0.3) is 0 Å². The highest BCUT2D eigenvalue weighted by molar-refractivity contribution is 6.05. The number of methoxy groups -OCH3 is 2. The number of nitrogens with zero attached hydrogens (tertiary/aromatic N) is 1. The van der Waals surface area contributed by atoms with Crippen LogP contribution in [0.5, 0.6) is 5.75 Å². The predicted octanol–water partition coefficient (Wildman–Crippen LogP) is 2.50. The Morgan fingerprint density at radius 1 is 1.16 bits per heavy atom. The average molecular weight is 341 g/mol. The van der Waals surface area contributed by atoms with Gasteiger partial charge in [0, 0.05) is 18.3 Å². The van der Waals surface area contributed by atoms with Crippen molar-refractivity contribution in [3.8, 4) is 5.75 Å². The summed E-state index contributed by atoms with van der Waals surface area (Å²) in [5, 5.41) is 0. The number of fused-ring (bicyclic) bond motifs is 1. The van der Waals surface area contributed by atoms with E-state index in [2.05, 4.69) is 0 Å². The zero-order valence-corrected chi connectivity index (χ0v) is 14.3. The first kappa shape index (κ1) is 16.8. The Bertz CT molecular complexity index is 806. The Kier molecular flexibility index (Phi) is 4.61. The molecule has 0 spiro atoms. The molecule has 2 aliphatic rings. The van der Waals surface area contributed by atoms with Crippen LogP contribution in [-0.2, 0) is 25.5 Å².